The van der Waals surface area contributed by atoms with Crippen molar-refractivity contribution in [3.8, 4) is 0 Å². The van der Waals surface area contributed by atoms with Crippen LogP contribution in [0.4, 0.5) is 18.0 Å². The molecular weight excluding hydrogens is 309 g/mol. The van der Waals surface area contributed by atoms with Gasteiger partial charge in [-0.2, -0.15) is 17.7 Å². The quantitative estimate of drug-likeness (QED) is 0.900. The molecule has 2 heterocycles. The van der Waals surface area contributed by atoms with Crippen LogP contribution >= 0.6 is 0 Å². The predicted octanol–water partition coefficient (Wildman–Crippen LogP) is 0.913. The summed E-state index contributed by atoms with van der Waals surface area (Å²) >= 11 is 0. The van der Waals surface area contributed by atoms with Gasteiger partial charge in [0.15, 0.2) is 11.9 Å². The maximum Gasteiger partial charge on any atom is 0.450 e. The molecule has 0 aliphatic carbocycles. The fourth-order valence-corrected chi connectivity index (χ4v) is 1.76. The van der Waals surface area contributed by atoms with Crippen molar-refractivity contribution in [2.75, 3.05) is 7.11 Å². The summed E-state index contributed by atoms with van der Waals surface area (Å²) in [5.41, 5.74) is 3.80. The van der Waals surface area contributed by atoms with Crippen LogP contribution in [0.15, 0.2) is 27.6 Å². The van der Waals surface area contributed by atoms with Gasteiger partial charge in [0.2, 0.25) is 0 Å². The lowest BCUT2D eigenvalue weighted by Crippen LogP contribution is -2.32. The fraction of sp³-hybridized carbons (Fsp3) is 0.273. The number of methoxy groups -OCH3 is 1. The molecule has 8 nitrogen and oxygen atoms in total. The Bertz CT molecular complexity index is 752. The van der Waals surface area contributed by atoms with Crippen LogP contribution in [0.1, 0.15) is 23.2 Å². The van der Waals surface area contributed by atoms with E-state index in [1.807, 2.05) is 0 Å². The van der Waals surface area contributed by atoms with Crippen LogP contribution in [0.25, 0.3) is 0 Å². The second kappa shape index (κ2) is 5.60. The molecule has 0 spiro atoms. The molecule has 1 atom stereocenters. The van der Waals surface area contributed by atoms with E-state index in [0.29, 0.717) is 10.6 Å². The Morgan fingerprint density at radius 2 is 2.18 bits per heavy atom. The van der Waals surface area contributed by atoms with Crippen LogP contribution in [0.3, 0.4) is 0 Å². The summed E-state index contributed by atoms with van der Waals surface area (Å²) in [5.74, 6) is -1.59. The lowest BCUT2D eigenvalue weighted by Gasteiger charge is -2.14. The maximum absolute atomic E-state index is 12.7. The highest BCUT2D eigenvalue weighted by atomic mass is 19.4. The first-order valence-corrected chi connectivity index (χ1v) is 5.70. The van der Waals surface area contributed by atoms with Crippen molar-refractivity contribution < 1.29 is 27.2 Å². The molecule has 118 valence electrons. The third-order valence-corrected chi connectivity index (χ3v) is 2.70. The minimum atomic E-state index is -4.59. The van der Waals surface area contributed by atoms with E-state index in [1.165, 1.54) is 0 Å². The molecule has 0 saturated carbocycles. The van der Waals surface area contributed by atoms with E-state index in [1.54, 1.807) is 0 Å². The summed E-state index contributed by atoms with van der Waals surface area (Å²) in [7, 11) is 1.14. The monoisotopic (exact) mass is 318 g/mol. The summed E-state index contributed by atoms with van der Waals surface area (Å²) in [4.78, 5) is 26.3. The van der Waals surface area contributed by atoms with Crippen LogP contribution in [-0.4, -0.2) is 27.8 Å². The number of primary amides is 1. The standard InChI is InChI=1S/C11H9F3N4O4/c1-21-7(8-17-22-10(20)18(8)9(15)19)6-4-5(2-3-16-6)11(12,13)14/h2-4,7H,1H3,(H2,15,19). The normalized spacial score (nSPS) is 13.1. The van der Waals surface area contributed by atoms with Gasteiger partial charge in [0.1, 0.15) is 0 Å². The highest BCUT2D eigenvalue weighted by Gasteiger charge is 2.33. The van der Waals surface area contributed by atoms with Gasteiger partial charge in [-0.15, -0.1) is 0 Å². The van der Waals surface area contributed by atoms with Gasteiger partial charge >= 0.3 is 18.0 Å². The SMILES string of the molecule is COC(c1cc(C(F)(F)F)ccn1)c1noc(=O)n1C(N)=O. The predicted molar refractivity (Wildman–Crippen MR) is 63.8 cm³/mol. The van der Waals surface area contributed by atoms with Crippen LogP contribution in [0.2, 0.25) is 0 Å². The van der Waals surface area contributed by atoms with Crippen LogP contribution in [-0.2, 0) is 10.9 Å². The third-order valence-electron chi connectivity index (χ3n) is 2.70. The molecule has 1 amide bonds. The highest BCUT2D eigenvalue weighted by Crippen LogP contribution is 2.31. The van der Waals surface area contributed by atoms with E-state index in [4.69, 9.17) is 10.5 Å². The number of carbonyl (C=O) groups excluding carboxylic acids is 1. The summed E-state index contributed by atoms with van der Waals surface area (Å²) in [6, 6.07) is 0.258. The maximum atomic E-state index is 12.7. The molecule has 2 rings (SSSR count). The van der Waals surface area contributed by atoms with Gasteiger partial charge in [0, 0.05) is 13.3 Å². The van der Waals surface area contributed by atoms with Crippen LogP contribution < -0.4 is 11.5 Å². The number of amides is 1. The largest absolute Gasteiger partial charge is 0.450 e. The van der Waals surface area contributed by atoms with Gasteiger partial charge in [-0.05, 0) is 12.1 Å². The summed E-state index contributed by atoms with van der Waals surface area (Å²) in [6.07, 6.45) is -5.03. The van der Waals surface area contributed by atoms with Gasteiger partial charge in [0.05, 0.1) is 11.3 Å². The zero-order valence-electron chi connectivity index (χ0n) is 11.0. The van der Waals surface area contributed by atoms with Gasteiger partial charge in [-0.1, -0.05) is 5.16 Å². The molecule has 0 aliphatic rings. The van der Waals surface area contributed by atoms with E-state index in [-0.39, 0.29) is 5.69 Å². The second-order valence-electron chi connectivity index (χ2n) is 4.06. The molecule has 1 unspecified atom stereocenters. The Labute approximate surface area is 120 Å². The van der Waals surface area contributed by atoms with E-state index >= 15 is 0 Å². The number of hydrogen-bond acceptors (Lipinski definition) is 6. The Morgan fingerprint density at radius 3 is 2.73 bits per heavy atom. The lowest BCUT2D eigenvalue weighted by molar-refractivity contribution is -0.137. The molecule has 2 N–H and O–H groups in total. The average Bonchev–Trinajstić information content (AvgIpc) is 2.81. The first-order valence-electron chi connectivity index (χ1n) is 5.70. The Balaban J connectivity index is 2.55. The zero-order chi connectivity index (χ0) is 16.5. The molecule has 0 saturated heterocycles. The van der Waals surface area contributed by atoms with Gasteiger partial charge < -0.3 is 10.5 Å². The van der Waals surface area contributed by atoms with Crippen molar-refractivity contribution >= 4 is 6.03 Å². The van der Waals surface area contributed by atoms with E-state index < -0.39 is 35.5 Å². The number of rotatable bonds is 3. The van der Waals surface area contributed by atoms with Crippen molar-refractivity contribution in [2.45, 2.75) is 12.3 Å². The molecule has 0 aromatic carbocycles. The Kier molecular flexibility index (Phi) is 3.99. The Morgan fingerprint density at radius 1 is 1.50 bits per heavy atom. The molecule has 2 aromatic heterocycles. The average molecular weight is 318 g/mol. The van der Waals surface area contributed by atoms with Crippen molar-refractivity contribution in [3.05, 3.63) is 46.0 Å². The molecule has 11 heteroatoms. The first-order chi connectivity index (χ1) is 10.3. The van der Waals surface area contributed by atoms with Gasteiger partial charge in [-0.25, -0.2) is 9.59 Å². The van der Waals surface area contributed by atoms with Crippen molar-refractivity contribution in [2.24, 2.45) is 5.73 Å². The highest BCUT2D eigenvalue weighted by molar-refractivity contribution is 5.74. The lowest BCUT2D eigenvalue weighted by atomic mass is 10.1. The van der Waals surface area contributed by atoms with E-state index in [9.17, 15) is 22.8 Å². The second-order valence-corrected chi connectivity index (χ2v) is 4.06. The number of pyridine rings is 1. The van der Waals surface area contributed by atoms with Gasteiger partial charge in [0.25, 0.3) is 0 Å². The number of ether oxygens (including phenoxy) is 1. The summed E-state index contributed by atoms with van der Waals surface area (Å²) in [6.45, 7) is 0. The molecule has 0 radical (unpaired) electrons. The summed E-state index contributed by atoms with van der Waals surface area (Å²) in [5, 5.41) is 3.30. The van der Waals surface area contributed by atoms with Crippen molar-refractivity contribution in [1.29, 1.82) is 0 Å². The molecule has 0 fully saturated rings. The number of aromatic nitrogens is 3. The topological polar surface area (TPSA) is 113 Å². The molecular formula is C11H9F3N4O4. The molecule has 2 aromatic rings. The molecule has 0 bridgehead atoms. The zero-order valence-corrected chi connectivity index (χ0v) is 11.0. The first kappa shape index (κ1) is 15.7. The van der Waals surface area contributed by atoms with Gasteiger partial charge in [-0.3, -0.25) is 9.51 Å². The fourth-order valence-electron chi connectivity index (χ4n) is 1.76. The van der Waals surface area contributed by atoms with E-state index in [2.05, 4.69) is 14.7 Å². The smallest absolute Gasteiger partial charge is 0.367 e. The minimum Gasteiger partial charge on any atom is -0.367 e. The van der Waals surface area contributed by atoms with Crippen molar-refractivity contribution in [3.63, 3.8) is 0 Å². The molecule has 0 aliphatic heterocycles. The summed E-state index contributed by atoms with van der Waals surface area (Å²) < 4.78 is 47.8. The Hall–Kier alpha value is -2.69. The van der Waals surface area contributed by atoms with Crippen LogP contribution in [0, 0.1) is 0 Å². The number of hydrogen-bond donors (Lipinski definition) is 1. The molecule has 22 heavy (non-hydrogen) atoms. The van der Waals surface area contributed by atoms with Crippen LogP contribution in [0.5, 0.6) is 0 Å². The number of carbonyl (C=O) groups is 1. The number of nitrogens with zero attached hydrogens (tertiary/aromatic N) is 3. The number of halogens is 3. The van der Waals surface area contributed by atoms with E-state index in [0.717, 1.165) is 19.4 Å². The number of alkyl halides is 3. The minimum absolute atomic E-state index is 0.222. The third kappa shape index (κ3) is 2.83. The van der Waals surface area contributed by atoms with Crippen molar-refractivity contribution in [1.82, 2.24) is 14.7 Å². The number of nitrogens with two attached hydrogens (primary N) is 1.